The molecule has 5 rings (SSSR count). The van der Waals surface area contributed by atoms with E-state index in [1.165, 1.54) is 11.1 Å². The van der Waals surface area contributed by atoms with Gasteiger partial charge in [-0.25, -0.2) is 0 Å². The number of fused-ring (bicyclic) bond motifs is 1. The van der Waals surface area contributed by atoms with Gasteiger partial charge in [0.15, 0.2) is 0 Å². The molecule has 1 atom stereocenters. The summed E-state index contributed by atoms with van der Waals surface area (Å²) in [6.45, 7) is 3.77. The van der Waals surface area contributed by atoms with E-state index < -0.39 is 0 Å². The second kappa shape index (κ2) is 8.10. The Bertz CT molecular complexity index is 742. The Morgan fingerprint density at radius 3 is 2.21 bits per heavy atom. The van der Waals surface area contributed by atoms with E-state index in [2.05, 4.69) is 39.4 Å². The van der Waals surface area contributed by atoms with Crippen molar-refractivity contribution in [2.24, 2.45) is 11.8 Å². The first-order valence-corrected chi connectivity index (χ1v) is 11.6. The molecule has 2 aliphatic carbocycles. The third kappa shape index (κ3) is 4.20. The Labute approximate surface area is 173 Å². The number of benzene rings is 1. The smallest absolute Gasteiger partial charge is 0.225 e. The van der Waals surface area contributed by atoms with E-state index in [9.17, 15) is 9.59 Å². The first kappa shape index (κ1) is 19.1. The van der Waals surface area contributed by atoms with Crippen LogP contribution in [0.1, 0.15) is 49.7 Å². The van der Waals surface area contributed by atoms with E-state index in [0.717, 1.165) is 77.5 Å². The van der Waals surface area contributed by atoms with Crippen molar-refractivity contribution in [3.63, 3.8) is 0 Å². The highest BCUT2D eigenvalue weighted by Crippen LogP contribution is 2.33. The highest BCUT2D eigenvalue weighted by atomic mass is 16.2. The molecule has 0 radical (unpaired) electrons. The van der Waals surface area contributed by atoms with E-state index in [-0.39, 0.29) is 17.9 Å². The molecular weight excluding hydrogens is 362 g/mol. The van der Waals surface area contributed by atoms with E-state index >= 15 is 0 Å². The summed E-state index contributed by atoms with van der Waals surface area (Å²) < 4.78 is 0. The third-order valence-corrected chi connectivity index (χ3v) is 7.44. The second-order valence-corrected chi connectivity index (χ2v) is 9.55. The minimum Gasteiger partial charge on any atom is -0.352 e. The van der Waals surface area contributed by atoms with Gasteiger partial charge in [-0.15, -0.1) is 0 Å². The maximum atomic E-state index is 13.0. The van der Waals surface area contributed by atoms with Crippen LogP contribution < -0.4 is 5.32 Å². The number of hydrogen-bond donors (Lipinski definition) is 1. The predicted molar refractivity (Wildman–Crippen MR) is 112 cm³/mol. The van der Waals surface area contributed by atoms with Crippen molar-refractivity contribution >= 4 is 11.8 Å². The van der Waals surface area contributed by atoms with Crippen molar-refractivity contribution in [1.82, 2.24) is 15.1 Å². The van der Waals surface area contributed by atoms with Crippen LogP contribution in [0.5, 0.6) is 0 Å². The van der Waals surface area contributed by atoms with Crippen LogP contribution in [0.15, 0.2) is 24.3 Å². The summed E-state index contributed by atoms with van der Waals surface area (Å²) in [6, 6.07) is 9.34. The molecular formula is C24H33N3O2. The molecule has 29 heavy (non-hydrogen) atoms. The fourth-order valence-corrected chi connectivity index (χ4v) is 5.57. The monoisotopic (exact) mass is 395 g/mol. The van der Waals surface area contributed by atoms with Crippen molar-refractivity contribution in [3.8, 4) is 0 Å². The lowest BCUT2D eigenvalue weighted by Gasteiger charge is -2.42. The minimum absolute atomic E-state index is 0.110. The number of likely N-dealkylation sites (tertiary alicyclic amines) is 2. The van der Waals surface area contributed by atoms with Gasteiger partial charge in [0, 0.05) is 37.6 Å². The topological polar surface area (TPSA) is 52.7 Å². The molecule has 1 unspecified atom stereocenters. The number of nitrogens with zero attached hydrogens (tertiary/aromatic N) is 2. The number of nitrogens with one attached hydrogen (secondary N) is 1. The number of rotatable bonds is 4. The summed E-state index contributed by atoms with van der Waals surface area (Å²) in [5, 5.41) is 3.34. The molecule has 2 heterocycles. The maximum Gasteiger partial charge on any atom is 0.225 e. The van der Waals surface area contributed by atoms with Crippen molar-refractivity contribution in [2.45, 2.75) is 63.5 Å². The number of piperidine rings is 2. The molecule has 3 fully saturated rings. The Morgan fingerprint density at radius 1 is 0.862 bits per heavy atom. The largest absolute Gasteiger partial charge is 0.352 e. The summed E-state index contributed by atoms with van der Waals surface area (Å²) in [4.78, 5) is 29.9. The SMILES string of the molecule is O=C(NC1Cc2ccccc2C1)C1CCCN(C2CCN(C(=O)C3CC3)CC2)C1. The van der Waals surface area contributed by atoms with Gasteiger partial charge in [0.2, 0.25) is 11.8 Å². The molecule has 5 nitrogen and oxygen atoms in total. The lowest BCUT2D eigenvalue weighted by Crippen LogP contribution is -2.52. The van der Waals surface area contributed by atoms with Crippen LogP contribution in [-0.4, -0.2) is 59.9 Å². The number of carbonyl (C=O) groups excluding carboxylic acids is 2. The molecule has 1 N–H and O–H groups in total. The molecule has 5 heteroatoms. The van der Waals surface area contributed by atoms with Gasteiger partial charge in [-0.05, 0) is 69.0 Å². The summed E-state index contributed by atoms with van der Waals surface area (Å²) in [6.07, 6.45) is 8.33. The van der Waals surface area contributed by atoms with Crippen LogP contribution in [0, 0.1) is 11.8 Å². The van der Waals surface area contributed by atoms with Gasteiger partial charge in [-0.1, -0.05) is 24.3 Å². The molecule has 1 aromatic rings. The van der Waals surface area contributed by atoms with Crippen molar-refractivity contribution in [2.75, 3.05) is 26.2 Å². The number of hydrogen-bond acceptors (Lipinski definition) is 3. The van der Waals surface area contributed by atoms with Gasteiger partial charge in [0.1, 0.15) is 0 Å². The normalized spacial score (nSPS) is 26.3. The zero-order chi connectivity index (χ0) is 19.8. The van der Waals surface area contributed by atoms with Crippen LogP contribution >= 0.6 is 0 Å². The lowest BCUT2D eigenvalue weighted by atomic mass is 9.93. The molecule has 2 saturated heterocycles. The summed E-state index contributed by atoms with van der Waals surface area (Å²) in [5.74, 6) is 1.07. The Balaban J connectivity index is 1.11. The molecule has 0 spiro atoms. The predicted octanol–water partition coefficient (Wildman–Crippen LogP) is 2.38. The fraction of sp³-hybridized carbons (Fsp3) is 0.667. The van der Waals surface area contributed by atoms with Crippen LogP contribution in [0.4, 0.5) is 0 Å². The summed E-state index contributed by atoms with van der Waals surface area (Å²) >= 11 is 0. The summed E-state index contributed by atoms with van der Waals surface area (Å²) in [7, 11) is 0. The van der Waals surface area contributed by atoms with Gasteiger partial charge in [-0.3, -0.25) is 14.5 Å². The van der Waals surface area contributed by atoms with Gasteiger partial charge >= 0.3 is 0 Å². The Hall–Kier alpha value is -1.88. The highest BCUT2D eigenvalue weighted by molar-refractivity contribution is 5.81. The molecule has 156 valence electrons. The van der Waals surface area contributed by atoms with Crippen LogP contribution in [0.25, 0.3) is 0 Å². The lowest BCUT2D eigenvalue weighted by molar-refractivity contribution is -0.134. The van der Waals surface area contributed by atoms with Gasteiger partial charge < -0.3 is 10.2 Å². The van der Waals surface area contributed by atoms with Crippen LogP contribution in [-0.2, 0) is 22.4 Å². The van der Waals surface area contributed by atoms with Crippen molar-refractivity contribution in [1.29, 1.82) is 0 Å². The minimum atomic E-state index is 0.110. The number of amides is 2. The van der Waals surface area contributed by atoms with E-state index in [1.807, 2.05) is 0 Å². The molecule has 1 aromatic carbocycles. The zero-order valence-corrected chi connectivity index (χ0v) is 17.3. The number of carbonyl (C=O) groups is 2. The van der Waals surface area contributed by atoms with Crippen LogP contribution in [0.3, 0.4) is 0 Å². The van der Waals surface area contributed by atoms with E-state index in [4.69, 9.17) is 0 Å². The van der Waals surface area contributed by atoms with Crippen molar-refractivity contribution in [3.05, 3.63) is 35.4 Å². The fourth-order valence-electron chi connectivity index (χ4n) is 5.57. The molecule has 0 bridgehead atoms. The first-order valence-electron chi connectivity index (χ1n) is 11.6. The second-order valence-electron chi connectivity index (χ2n) is 9.55. The average molecular weight is 396 g/mol. The third-order valence-electron chi connectivity index (χ3n) is 7.44. The van der Waals surface area contributed by atoms with Crippen LogP contribution in [0.2, 0.25) is 0 Å². The van der Waals surface area contributed by atoms with Gasteiger partial charge in [-0.2, -0.15) is 0 Å². The van der Waals surface area contributed by atoms with E-state index in [1.54, 1.807) is 0 Å². The molecule has 2 amide bonds. The first-order chi connectivity index (χ1) is 14.2. The molecule has 4 aliphatic rings. The molecule has 0 aromatic heterocycles. The van der Waals surface area contributed by atoms with Gasteiger partial charge in [0.05, 0.1) is 5.92 Å². The molecule has 2 aliphatic heterocycles. The highest BCUT2D eigenvalue weighted by Gasteiger charge is 2.37. The summed E-state index contributed by atoms with van der Waals surface area (Å²) in [5.41, 5.74) is 2.77. The Kier molecular flexibility index (Phi) is 5.33. The quantitative estimate of drug-likeness (QED) is 0.852. The van der Waals surface area contributed by atoms with Gasteiger partial charge in [0.25, 0.3) is 0 Å². The average Bonchev–Trinajstić information content (AvgIpc) is 3.53. The Morgan fingerprint density at radius 2 is 1.55 bits per heavy atom. The van der Waals surface area contributed by atoms with Crippen molar-refractivity contribution < 1.29 is 9.59 Å². The zero-order valence-electron chi connectivity index (χ0n) is 17.3. The standard InChI is InChI=1S/C24H33N3O2/c28-23(25-21-14-18-4-1-2-5-19(18)15-21)20-6-3-11-27(16-20)22-9-12-26(13-10-22)24(29)17-7-8-17/h1-2,4-5,17,20-22H,3,6-16H2,(H,25,28). The molecule has 1 saturated carbocycles. The van der Waals surface area contributed by atoms with E-state index in [0.29, 0.717) is 17.9 Å². The maximum absolute atomic E-state index is 13.0.